The molecule has 0 saturated heterocycles. The van der Waals surface area contributed by atoms with Gasteiger partial charge in [-0.3, -0.25) is 4.79 Å². The Bertz CT molecular complexity index is 813. The molecule has 6 nitrogen and oxygen atoms in total. The quantitative estimate of drug-likeness (QED) is 0.730. The lowest BCUT2D eigenvalue weighted by Crippen LogP contribution is -2.36. The molecule has 2 aromatic carbocycles. The summed E-state index contributed by atoms with van der Waals surface area (Å²) >= 11 is 0. The molecule has 25 heavy (non-hydrogen) atoms. The van der Waals surface area contributed by atoms with E-state index in [1.165, 1.54) is 12.1 Å². The van der Waals surface area contributed by atoms with E-state index in [1.807, 2.05) is 6.07 Å². The Morgan fingerprint density at radius 3 is 2.40 bits per heavy atom. The van der Waals surface area contributed by atoms with Crippen LogP contribution in [-0.4, -0.2) is 25.0 Å². The molecule has 128 valence electrons. The maximum atomic E-state index is 13.4. The first-order valence-electron chi connectivity index (χ1n) is 7.59. The number of amides is 3. The lowest BCUT2D eigenvalue weighted by molar-refractivity contribution is 0.0953. The third kappa shape index (κ3) is 5.32. The van der Waals surface area contributed by atoms with Gasteiger partial charge in [0.2, 0.25) is 0 Å². The molecule has 0 saturated carbocycles. The molecule has 3 amide bonds. The van der Waals surface area contributed by atoms with Gasteiger partial charge < -0.3 is 16.0 Å². The smallest absolute Gasteiger partial charge is 0.319 e. The van der Waals surface area contributed by atoms with E-state index in [4.69, 9.17) is 5.26 Å². The van der Waals surface area contributed by atoms with Gasteiger partial charge in [-0.25, -0.2) is 9.18 Å². The standard InChI is InChI=1S/C18H17FN4O2/c1-12-2-5-14(10-16(12)19)17(24)21-8-9-22-18(25)23-15-6-3-13(11-20)4-7-15/h2-7,10H,8-9H2,1H3,(H,21,24)(H2,22,23,25). The molecule has 0 radical (unpaired) electrons. The van der Waals surface area contributed by atoms with E-state index >= 15 is 0 Å². The summed E-state index contributed by atoms with van der Waals surface area (Å²) in [5.74, 6) is -0.847. The van der Waals surface area contributed by atoms with Crippen molar-refractivity contribution in [3.05, 3.63) is 65.0 Å². The number of nitriles is 1. The zero-order chi connectivity index (χ0) is 18.2. The highest BCUT2D eigenvalue weighted by Crippen LogP contribution is 2.09. The monoisotopic (exact) mass is 340 g/mol. The molecule has 0 aliphatic rings. The number of hydrogen-bond donors (Lipinski definition) is 3. The molecule has 0 aliphatic heterocycles. The van der Waals surface area contributed by atoms with Crippen molar-refractivity contribution in [2.45, 2.75) is 6.92 Å². The predicted octanol–water partition coefficient (Wildman–Crippen LogP) is 2.56. The summed E-state index contributed by atoms with van der Waals surface area (Å²) in [5.41, 5.74) is 1.75. The van der Waals surface area contributed by atoms with Gasteiger partial charge in [0.25, 0.3) is 5.91 Å². The van der Waals surface area contributed by atoms with Crippen molar-refractivity contribution in [2.24, 2.45) is 0 Å². The number of hydrogen-bond acceptors (Lipinski definition) is 3. The molecular weight excluding hydrogens is 323 g/mol. The van der Waals surface area contributed by atoms with Gasteiger partial charge in [-0.2, -0.15) is 5.26 Å². The van der Waals surface area contributed by atoms with Crippen molar-refractivity contribution < 1.29 is 14.0 Å². The number of aryl methyl sites for hydroxylation is 1. The summed E-state index contributed by atoms with van der Waals surface area (Å²) in [4.78, 5) is 23.6. The average molecular weight is 340 g/mol. The summed E-state index contributed by atoms with van der Waals surface area (Å²) < 4.78 is 13.4. The molecule has 0 aromatic heterocycles. The highest BCUT2D eigenvalue weighted by atomic mass is 19.1. The van der Waals surface area contributed by atoms with Gasteiger partial charge in [0.1, 0.15) is 5.82 Å². The Labute approximate surface area is 144 Å². The van der Waals surface area contributed by atoms with Crippen LogP contribution < -0.4 is 16.0 Å². The van der Waals surface area contributed by atoms with Crippen LogP contribution in [0, 0.1) is 24.1 Å². The van der Waals surface area contributed by atoms with E-state index in [0.717, 1.165) is 0 Å². The molecule has 0 atom stereocenters. The van der Waals surface area contributed by atoms with Gasteiger partial charge in [-0.1, -0.05) is 6.07 Å². The summed E-state index contributed by atoms with van der Waals surface area (Å²) in [6, 6.07) is 12.2. The third-order valence-electron chi connectivity index (χ3n) is 3.40. The average Bonchev–Trinajstić information content (AvgIpc) is 2.61. The van der Waals surface area contributed by atoms with Crippen LogP contribution in [0.15, 0.2) is 42.5 Å². The molecule has 0 heterocycles. The Balaban J connectivity index is 1.72. The fraction of sp³-hybridized carbons (Fsp3) is 0.167. The number of benzene rings is 2. The number of carbonyl (C=O) groups is 2. The molecule has 0 bridgehead atoms. The molecule has 3 N–H and O–H groups in total. The number of halogens is 1. The molecule has 0 unspecified atom stereocenters. The van der Waals surface area contributed by atoms with E-state index < -0.39 is 17.8 Å². The van der Waals surface area contributed by atoms with Crippen LogP contribution in [0.2, 0.25) is 0 Å². The van der Waals surface area contributed by atoms with E-state index in [0.29, 0.717) is 16.8 Å². The van der Waals surface area contributed by atoms with Crippen molar-refractivity contribution in [1.82, 2.24) is 10.6 Å². The minimum atomic E-state index is -0.437. The first kappa shape index (κ1) is 17.9. The highest BCUT2D eigenvalue weighted by Gasteiger charge is 2.08. The summed E-state index contributed by atoms with van der Waals surface area (Å²) in [5, 5.41) is 16.5. The molecule has 0 fully saturated rings. The molecule has 7 heteroatoms. The Morgan fingerprint density at radius 2 is 1.76 bits per heavy atom. The summed E-state index contributed by atoms with van der Waals surface area (Å²) in [6.07, 6.45) is 0. The molecular formula is C18H17FN4O2. The van der Waals surface area contributed by atoms with Gasteiger partial charge >= 0.3 is 6.03 Å². The topological polar surface area (TPSA) is 94.0 Å². The van der Waals surface area contributed by atoms with Gasteiger partial charge in [0.05, 0.1) is 11.6 Å². The Kier molecular flexibility index (Phi) is 6.07. The van der Waals surface area contributed by atoms with Gasteiger partial charge in [0.15, 0.2) is 0 Å². The van der Waals surface area contributed by atoms with Crippen LogP contribution in [0.3, 0.4) is 0 Å². The SMILES string of the molecule is Cc1ccc(C(=O)NCCNC(=O)Nc2ccc(C#N)cc2)cc1F. The van der Waals surface area contributed by atoms with Crippen molar-refractivity contribution in [3.63, 3.8) is 0 Å². The van der Waals surface area contributed by atoms with E-state index in [2.05, 4.69) is 16.0 Å². The second-order valence-corrected chi connectivity index (χ2v) is 5.29. The second-order valence-electron chi connectivity index (χ2n) is 5.29. The highest BCUT2D eigenvalue weighted by molar-refractivity contribution is 5.94. The van der Waals surface area contributed by atoms with Crippen LogP contribution in [0.25, 0.3) is 0 Å². The van der Waals surface area contributed by atoms with Gasteiger partial charge in [0, 0.05) is 24.3 Å². The summed E-state index contributed by atoms with van der Waals surface area (Å²) in [7, 11) is 0. The Hall–Kier alpha value is -3.40. The second kappa shape index (κ2) is 8.45. The zero-order valence-corrected chi connectivity index (χ0v) is 13.6. The fourth-order valence-corrected chi connectivity index (χ4v) is 1.99. The van der Waals surface area contributed by atoms with Crippen molar-refractivity contribution in [2.75, 3.05) is 18.4 Å². The van der Waals surface area contributed by atoms with Crippen LogP contribution in [0.1, 0.15) is 21.5 Å². The van der Waals surface area contributed by atoms with Crippen LogP contribution in [0.4, 0.5) is 14.9 Å². The van der Waals surface area contributed by atoms with E-state index in [9.17, 15) is 14.0 Å². The van der Waals surface area contributed by atoms with Gasteiger partial charge in [-0.05, 0) is 48.9 Å². The maximum absolute atomic E-state index is 13.4. The Morgan fingerprint density at radius 1 is 1.08 bits per heavy atom. The van der Waals surface area contributed by atoms with Crippen molar-refractivity contribution in [3.8, 4) is 6.07 Å². The zero-order valence-electron chi connectivity index (χ0n) is 13.6. The lowest BCUT2D eigenvalue weighted by atomic mass is 10.1. The first-order valence-corrected chi connectivity index (χ1v) is 7.59. The third-order valence-corrected chi connectivity index (χ3v) is 3.40. The maximum Gasteiger partial charge on any atom is 0.319 e. The minimum Gasteiger partial charge on any atom is -0.350 e. The van der Waals surface area contributed by atoms with Crippen LogP contribution in [0.5, 0.6) is 0 Å². The van der Waals surface area contributed by atoms with Crippen molar-refractivity contribution in [1.29, 1.82) is 5.26 Å². The van der Waals surface area contributed by atoms with E-state index in [1.54, 1.807) is 37.3 Å². The molecule has 0 spiro atoms. The number of anilines is 1. The first-order chi connectivity index (χ1) is 12.0. The van der Waals surface area contributed by atoms with Gasteiger partial charge in [-0.15, -0.1) is 0 Å². The normalized spacial score (nSPS) is 9.80. The molecule has 2 rings (SSSR count). The fourth-order valence-electron chi connectivity index (χ4n) is 1.99. The largest absolute Gasteiger partial charge is 0.350 e. The number of urea groups is 1. The number of nitrogens with zero attached hydrogens (tertiary/aromatic N) is 1. The molecule has 2 aromatic rings. The number of nitrogens with one attached hydrogen (secondary N) is 3. The van der Waals surface area contributed by atoms with E-state index in [-0.39, 0.29) is 18.7 Å². The number of carbonyl (C=O) groups excluding carboxylic acids is 2. The molecule has 0 aliphatic carbocycles. The predicted molar refractivity (Wildman–Crippen MR) is 91.6 cm³/mol. The van der Waals surface area contributed by atoms with Crippen LogP contribution >= 0.6 is 0 Å². The van der Waals surface area contributed by atoms with Crippen LogP contribution in [-0.2, 0) is 0 Å². The summed E-state index contributed by atoms with van der Waals surface area (Å²) in [6.45, 7) is 2.03. The van der Waals surface area contributed by atoms with Crippen molar-refractivity contribution >= 4 is 17.6 Å². The number of rotatable bonds is 5. The lowest BCUT2D eigenvalue weighted by Gasteiger charge is -2.09. The minimum absolute atomic E-state index is 0.203.